The van der Waals surface area contributed by atoms with E-state index in [0.717, 1.165) is 0 Å². The molecule has 1 N–H and O–H groups in total. The molecule has 0 aliphatic rings. The standard InChI is InChI=1S/C20H20Cl2N2O4/c1-3-24(11-18(26)23-20-16(21)8-5-9-17(20)22)19(27)12-28-15-7-4-6-14(10-15)13(2)25/h4-10H,3,11-12H2,1-2H3,(H,23,26). The number of ketones is 1. The Morgan fingerprint density at radius 2 is 1.71 bits per heavy atom. The van der Waals surface area contributed by atoms with E-state index in [1.807, 2.05) is 0 Å². The third-order valence-corrected chi connectivity index (χ3v) is 4.53. The Bertz CT molecular complexity index is 866. The van der Waals surface area contributed by atoms with Crippen molar-refractivity contribution in [3.05, 3.63) is 58.1 Å². The normalized spacial score (nSPS) is 10.3. The smallest absolute Gasteiger partial charge is 0.260 e. The number of para-hydroxylation sites is 1. The summed E-state index contributed by atoms with van der Waals surface area (Å²) in [6, 6.07) is 11.4. The molecule has 6 nitrogen and oxygen atoms in total. The van der Waals surface area contributed by atoms with Crippen molar-refractivity contribution in [2.24, 2.45) is 0 Å². The van der Waals surface area contributed by atoms with E-state index in [0.29, 0.717) is 33.6 Å². The molecule has 2 aromatic rings. The molecule has 0 spiro atoms. The van der Waals surface area contributed by atoms with Crippen LogP contribution in [-0.2, 0) is 9.59 Å². The SMILES string of the molecule is CCN(CC(=O)Nc1c(Cl)cccc1Cl)C(=O)COc1cccc(C(C)=O)c1. The van der Waals surface area contributed by atoms with Crippen LogP contribution in [0.5, 0.6) is 5.75 Å². The average Bonchev–Trinajstić information content (AvgIpc) is 2.67. The summed E-state index contributed by atoms with van der Waals surface area (Å²) in [5, 5.41) is 3.24. The molecule has 0 aliphatic carbocycles. The number of ether oxygens (including phenoxy) is 1. The third kappa shape index (κ3) is 5.97. The van der Waals surface area contributed by atoms with Crippen LogP contribution in [0.3, 0.4) is 0 Å². The summed E-state index contributed by atoms with van der Waals surface area (Å²) in [5.74, 6) is -0.480. The fourth-order valence-corrected chi connectivity index (χ4v) is 2.88. The Labute approximate surface area is 173 Å². The second kappa shape index (κ2) is 10.1. The van der Waals surface area contributed by atoms with Crippen molar-refractivity contribution in [2.45, 2.75) is 13.8 Å². The molecule has 8 heteroatoms. The van der Waals surface area contributed by atoms with E-state index in [1.165, 1.54) is 11.8 Å². The lowest BCUT2D eigenvalue weighted by Gasteiger charge is -2.21. The predicted molar refractivity (Wildman–Crippen MR) is 109 cm³/mol. The van der Waals surface area contributed by atoms with Crippen LogP contribution in [0.15, 0.2) is 42.5 Å². The number of hydrogen-bond acceptors (Lipinski definition) is 4. The molecular formula is C20H20Cl2N2O4. The van der Waals surface area contributed by atoms with Crippen LogP contribution in [0.2, 0.25) is 10.0 Å². The third-order valence-electron chi connectivity index (χ3n) is 3.90. The Kier molecular flexibility index (Phi) is 7.84. The minimum atomic E-state index is -0.427. The molecule has 0 saturated carbocycles. The molecule has 2 aromatic carbocycles. The summed E-state index contributed by atoms with van der Waals surface area (Å²) in [6.07, 6.45) is 0. The highest BCUT2D eigenvalue weighted by molar-refractivity contribution is 6.39. The average molecular weight is 423 g/mol. The zero-order valence-electron chi connectivity index (χ0n) is 15.5. The maximum absolute atomic E-state index is 12.4. The van der Waals surface area contributed by atoms with Crippen molar-refractivity contribution >= 4 is 46.5 Å². The van der Waals surface area contributed by atoms with Crippen molar-refractivity contribution in [1.29, 1.82) is 0 Å². The molecule has 0 atom stereocenters. The van der Waals surface area contributed by atoms with E-state index in [-0.39, 0.29) is 24.8 Å². The Hall–Kier alpha value is -2.57. The minimum Gasteiger partial charge on any atom is -0.484 e. The number of nitrogens with one attached hydrogen (secondary N) is 1. The number of carbonyl (C=O) groups is 3. The molecule has 0 radical (unpaired) electrons. The van der Waals surface area contributed by atoms with Crippen LogP contribution in [0, 0.1) is 0 Å². The number of nitrogens with zero attached hydrogens (tertiary/aromatic N) is 1. The maximum Gasteiger partial charge on any atom is 0.260 e. The van der Waals surface area contributed by atoms with Gasteiger partial charge >= 0.3 is 0 Å². The van der Waals surface area contributed by atoms with Crippen molar-refractivity contribution in [1.82, 2.24) is 4.90 Å². The van der Waals surface area contributed by atoms with Gasteiger partial charge in [-0.05, 0) is 38.1 Å². The molecule has 0 fully saturated rings. The first kappa shape index (κ1) is 21.7. The van der Waals surface area contributed by atoms with Crippen molar-refractivity contribution in [3.63, 3.8) is 0 Å². The van der Waals surface area contributed by atoms with Crippen LogP contribution in [0.25, 0.3) is 0 Å². The van der Waals surface area contributed by atoms with E-state index in [2.05, 4.69) is 5.32 Å². The van der Waals surface area contributed by atoms with Gasteiger partial charge in [0.25, 0.3) is 5.91 Å². The topological polar surface area (TPSA) is 75.7 Å². The minimum absolute atomic E-state index is 0.0955. The molecule has 0 aliphatic heterocycles. The first-order valence-corrected chi connectivity index (χ1v) is 9.32. The van der Waals surface area contributed by atoms with Gasteiger partial charge in [0.05, 0.1) is 22.3 Å². The van der Waals surface area contributed by atoms with E-state index in [1.54, 1.807) is 49.4 Å². The van der Waals surface area contributed by atoms with E-state index in [9.17, 15) is 14.4 Å². The zero-order valence-corrected chi connectivity index (χ0v) is 17.0. The molecule has 28 heavy (non-hydrogen) atoms. The van der Waals surface area contributed by atoms with Gasteiger partial charge in [-0.25, -0.2) is 0 Å². The van der Waals surface area contributed by atoms with Crippen molar-refractivity contribution < 1.29 is 19.1 Å². The number of hydrogen-bond donors (Lipinski definition) is 1. The van der Waals surface area contributed by atoms with Gasteiger partial charge in [-0.3, -0.25) is 14.4 Å². The van der Waals surface area contributed by atoms with Gasteiger partial charge in [-0.2, -0.15) is 0 Å². The number of Topliss-reactive ketones (excluding diaryl/α,β-unsaturated/α-hetero) is 1. The number of likely N-dealkylation sites (N-methyl/N-ethyl adjacent to an activating group) is 1. The fourth-order valence-electron chi connectivity index (χ4n) is 2.39. The van der Waals surface area contributed by atoms with Gasteiger partial charge in [0.1, 0.15) is 5.75 Å². The molecular weight excluding hydrogens is 403 g/mol. The Balaban J connectivity index is 1.95. The number of anilines is 1. The van der Waals surface area contributed by atoms with Crippen molar-refractivity contribution in [2.75, 3.05) is 25.0 Å². The first-order valence-electron chi connectivity index (χ1n) is 8.57. The maximum atomic E-state index is 12.4. The summed E-state index contributed by atoms with van der Waals surface area (Å²) in [5.41, 5.74) is 0.796. The monoisotopic (exact) mass is 422 g/mol. The number of benzene rings is 2. The van der Waals surface area contributed by atoms with Gasteiger partial charge in [0.2, 0.25) is 5.91 Å². The molecule has 0 saturated heterocycles. The Morgan fingerprint density at radius 1 is 1.07 bits per heavy atom. The van der Waals surface area contributed by atoms with E-state index >= 15 is 0 Å². The largest absolute Gasteiger partial charge is 0.484 e. The van der Waals surface area contributed by atoms with Gasteiger partial charge in [-0.15, -0.1) is 0 Å². The van der Waals surface area contributed by atoms with Crippen molar-refractivity contribution in [3.8, 4) is 5.75 Å². The molecule has 2 rings (SSSR count). The first-order chi connectivity index (χ1) is 13.3. The van der Waals surface area contributed by atoms with Gasteiger partial charge in [0, 0.05) is 12.1 Å². The summed E-state index contributed by atoms with van der Waals surface area (Å²) in [4.78, 5) is 37.4. The predicted octanol–water partition coefficient (Wildman–Crippen LogP) is 4.06. The highest BCUT2D eigenvalue weighted by atomic mass is 35.5. The summed E-state index contributed by atoms with van der Waals surface area (Å²) < 4.78 is 5.46. The molecule has 0 heterocycles. The molecule has 0 bridgehead atoms. The zero-order chi connectivity index (χ0) is 20.7. The second-order valence-electron chi connectivity index (χ2n) is 5.93. The second-order valence-corrected chi connectivity index (χ2v) is 6.74. The molecule has 0 aromatic heterocycles. The highest BCUT2D eigenvalue weighted by Gasteiger charge is 2.18. The number of halogens is 2. The quantitative estimate of drug-likeness (QED) is 0.650. The molecule has 2 amide bonds. The van der Waals surface area contributed by atoms with Gasteiger partial charge < -0.3 is 15.0 Å². The van der Waals surface area contributed by atoms with E-state index in [4.69, 9.17) is 27.9 Å². The lowest BCUT2D eigenvalue weighted by atomic mass is 10.1. The highest BCUT2D eigenvalue weighted by Crippen LogP contribution is 2.29. The Morgan fingerprint density at radius 3 is 2.32 bits per heavy atom. The molecule has 0 unspecified atom stereocenters. The van der Waals surface area contributed by atoms with Crippen LogP contribution < -0.4 is 10.1 Å². The lowest BCUT2D eigenvalue weighted by Crippen LogP contribution is -2.40. The van der Waals surface area contributed by atoms with Crippen LogP contribution >= 0.6 is 23.2 Å². The number of amides is 2. The lowest BCUT2D eigenvalue weighted by molar-refractivity contribution is -0.136. The number of carbonyl (C=O) groups excluding carboxylic acids is 3. The summed E-state index contributed by atoms with van der Waals surface area (Å²) >= 11 is 12.1. The van der Waals surface area contributed by atoms with E-state index < -0.39 is 5.91 Å². The van der Waals surface area contributed by atoms with Crippen LogP contribution in [0.4, 0.5) is 5.69 Å². The summed E-state index contributed by atoms with van der Waals surface area (Å²) in [7, 11) is 0. The van der Waals surface area contributed by atoms with Crippen LogP contribution in [-0.4, -0.2) is 42.2 Å². The fraction of sp³-hybridized carbons (Fsp3) is 0.250. The number of rotatable bonds is 8. The van der Waals surface area contributed by atoms with Gasteiger partial charge in [0.15, 0.2) is 12.4 Å². The summed E-state index contributed by atoms with van der Waals surface area (Å²) in [6.45, 7) is 3.10. The van der Waals surface area contributed by atoms with Gasteiger partial charge in [-0.1, -0.05) is 41.4 Å². The molecule has 148 valence electrons. The van der Waals surface area contributed by atoms with Crippen LogP contribution in [0.1, 0.15) is 24.2 Å².